The number of carbonyl (C=O) groups is 1. The molecule has 4 rings (SSSR count). The van der Waals surface area contributed by atoms with E-state index in [0.717, 1.165) is 36.4 Å². The van der Waals surface area contributed by atoms with Gasteiger partial charge in [-0.15, -0.1) is 0 Å². The molecule has 0 radical (unpaired) electrons. The van der Waals surface area contributed by atoms with Gasteiger partial charge < -0.3 is 5.32 Å². The first-order chi connectivity index (χ1) is 13.3. The summed E-state index contributed by atoms with van der Waals surface area (Å²) in [5.41, 5.74) is 1.02. The highest BCUT2D eigenvalue weighted by Crippen LogP contribution is 2.41. The van der Waals surface area contributed by atoms with Gasteiger partial charge in [-0.2, -0.15) is 23.4 Å². The van der Waals surface area contributed by atoms with Crippen LogP contribution in [-0.4, -0.2) is 30.3 Å². The average Bonchev–Trinajstić information content (AvgIpc) is 3.31. The van der Waals surface area contributed by atoms with E-state index in [-0.39, 0.29) is 23.7 Å². The van der Waals surface area contributed by atoms with E-state index in [4.69, 9.17) is 0 Å². The molecule has 0 bridgehead atoms. The number of aryl methyl sites for hydroxylation is 2. The van der Waals surface area contributed by atoms with Crippen molar-refractivity contribution in [1.29, 1.82) is 0 Å². The Labute approximate surface area is 158 Å². The van der Waals surface area contributed by atoms with Gasteiger partial charge in [0.25, 0.3) is 5.91 Å². The summed E-state index contributed by atoms with van der Waals surface area (Å²) in [5.74, 6) is -0.508. The number of hydrogen-bond donors (Lipinski definition) is 1. The van der Waals surface area contributed by atoms with Crippen LogP contribution in [0.3, 0.4) is 0 Å². The molecule has 1 saturated carbocycles. The largest absolute Gasteiger partial charge is 0.433 e. The molecule has 148 valence electrons. The Morgan fingerprint density at radius 1 is 1.36 bits per heavy atom. The van der Waals surface area contributed by atoms with Gasteiger partial charge in [-0.25, -0.2) is 9.50 Å². The summed E-state index contributed by atoms with van der Waals surface area (Å²) < 4.78 is 42.8. The van der Waals surface area contributed by atoms with Crippen molar-refractivity contribution in [3.8, 4) is 0 Å². The van der Waals surface area contributed by atoms with Crippen LogP contribution in [0.25, 0.3) is 5.65 Å². The van der Waals surface area contributed by atoms with Crippen LogP contribution in [0.4, 0.5) is 13.2 Å². The first kappa shape index (κ1) is 18.5. The van der Waals surface area contributed by atoms with Crippen molar-refractivity contribution in [3.05, 3.63) is 46.7 Å². The van der Waals surface area contributed by atoms with Gasteiger partial charge in [-0.05, 0) is 32.8 Å². The van der Waals surface area contributed by atoms with Crippen LogP contribution >= 0.6 is 0 Å². The fourth-order valence-corrected chi connectivity index (χ4v) is 3.10. The number of halogens is 3. The monoisotopic (exact) mass is 392 g/mol. The Kier molecular flexibility index (Phi) is 4.35. The van der Waals surface area contributed by atoms with Crippen molar-refractivity contribution in [2.24, 2.45) is 0 Å². The lowest BCUT2D eigenvalue weighted by atomic mass is 10.2. The molecule has 0 saturated heterocycles. The van der Waals surface area contributed by atoms with E-state index in [0.29, 0.717) is 16.8 Å². The Morgan fingerprint density at radius 2 is 2.11 bits per heavy atom. The molecule has 3 heterocycles. The number of hydrogen-bond acceptors (Lipinski definition) is 4. The van der Waals surface area contributed by atoms with E-state index in [1.54, 1.807) is 4.68 Å². The lowest BCUT2D eigenvalue weighted by Gasteiger charge is -2.11. The third-order valence-electron chi connectivity index (χ3n) is 4.83. The molecule has 0 aromatic carbocycles. The molecule has 3 aromatic rings. The summed E-state index contributed by atoms with van der Waals surface area (Å²) in [6.07, 6.45) is -0.0209. The zero-order valence-electron chi connectivity index (χ0n) is 15.4. The first-order valence-corrected chi connectivity index (χ1v) is 9.05. The lowest BCUT2D eigenvalue weighted by molar-refractivity contribution is -0.142. The summed E-state index contributed by atoms with van der Waals surface area (Å²) in [6, 6.07) is 1.03. The number of amides is 1. The number of carbonyl (C=O) groups excluding carboxylic acids is 1. The summed E-state index contributed by atoms with van der Waals surface area (Å²) in [7, 11) is 0. The molecule has 0 aliphatic heterocycles. The minimum absolute atomic E-state index is 0.0134. The maximum absolute atomic E-state index is 13.4. The second-order valence-electron chi connectivity index (χ2n) is 6.91. The third-order valence-corrected chi connectivity index (χ3v) is 4.83. The zero-order valence-corrected chi connectivity index (χ0v) is 15.4. The molecule has 28 heavy (non-hydrogen) atoms. The molecule has 1 aliphatic carbocycles. The van der Waals surface area contributed by atoms with Gasteiger partial charge >= 0.3 is 6.18 Å². The molecule has 3 aromatic heterocycles. The van der Waals surface area contributed by atoms with E-state index in [9.17, 15) is 18.0 Å². The number of fused-ring (bicyclic) bond motifs is 1. The lowest BCUT2D eigenvalue weighted by Crippen LogP contribution is -2.23. The second-order valence-corrected chi connectivity index (χ2v) is 6.91. The first-order valence-electron chi connectivity index (χ1n) is 9.05. The Balaban J connectivity index is 1.65. The van der Waals surface area contributed by atoms with E-state index in [2.05, 4.69) is 20.5 Å². The van der Waals surface area contributed by atoms with Gasteiger partial charge in [0.1, 0.15) is 11.3 Å². The van der Waals surface area contributed by atoms with E-state index >= 15 is 0 Å². The van der Waals surface area contributed by atoms with Gasteiger partial charge in [0.05, 0.1) is 11.9 Å². The topological polar surface area (TPSA) is 77.1 Å². The van der Waals surface area contributed by atoms with E-state index in [1.807, 2.05) is 20.0 Å². The highest BCUT2D eigenvalue weighted by atomic mass is 19.4. The fraction of sp³-hybridized carbons (Fsp3) is 0.444. The highest BCUT2D eigenvalue weighted by molar-refractivity contribution is 5.99. The van der Waals surface area contributed by atoms with Crippen molar-refractivity contribution in [2.45, 2.75) is 51.9 Å². The Morgan fingerprint density at radius 3 is 2.71 bits per heavy atom. The molecule has 7 nitrogen and oxygen atoms in total. The summed E-state index contributed by atoms with van der Waals surface area (Å²) in [6.45, 7) is 4.71. The van der Waals surface area contributed by atoms with Crippen molar-refractivity contribution in [2.75, 3.05) is 0 Å². The van der Waals surface area contributed by atoms with Crippen molar-refractivity contribution < 1.29 is 18.0 Å². The third kappa shape index (κ3) is 3.34. The maximum Gasteiger partial charge on any atom is 0.433 e. The number of alkyl halides is 3. The normalized spacial score (nSPS) is 14.6. The van der Waals surface area contributed by atoms with Crippen LogP contribution in [0.5, 0.6) is 0 Å². The predicted octanol–water partition coefficient (Wildman–Crippen LogP) is 3.08. The summed E-state index contributed by atoms with van der Waals surface area (Å²) in [4.78, 5) is 16.9. The number of nitrogens with one attached hydrogen (secondary N) is 1. The van der Waals surface area contributed by atoms with Gasteiger partial charge in [0.15, 0.2) is 5.65 Å². The molecular formula is C18H19F3N6O. The smallest absolute Gasteiger partial charge is 0.348 e. The van der Waals surface area contributed by atoms with Crippen molar-refractivity contribution in [3.63, 3.8) is 0 Å². The van der Waals surface area contributed by atoms with Crippen LogP contribution in [0.1, 0.15) is 58.7 Å². The maximum atomic E-state index is 13.4. The Hall–Kier alpha value is -2.91. The minimum Gasteiger partial charge on any atom is -0.348 e. The molecule has 0 unspecified atom stereocenters. The molecule has 1 amide bonds. The number of nitrogens with zero attached hydrogens (tertiary/aromatic N) is 5. The minimum atomic E-state index is -4.59. The van der Waals surface area contributed by atoms with Crippen LogP contribution < -0.4 is 5.32 Å². The molecule has 1 aliphatic rings. The highest BCUT2D eigenvalue weighted by Gasteiger charge is 2.37. The molecule has 0 spiro atoms. The van der Waals surface area contributed by atoms with Crippen molar-refractivity contribution in [1.82, 2.24) is 29.7 Å². The number of aromatic nitrogens is 5. The van der Waals surface area contributed by atoms with Gasteiger partial charge in [-0.3, -0.25) is 9.48 Å². The standard InChI is InChI=1S/C18H19F3N6O/c1-3-26-9-12(10(2)25-26)7-22-17(28)13-8-23-27-15(18(19,20)21)6-14(11-4-5-11)24-16(13)27/h6,8-9,11H,3-5,7H2,1-2H3,(H,22,28). The van der Waals surface area contributed by atoms with Gasteiger partial charge in [0.2, 0.25) is 0 Å². The number of rotatable bonds is 5. The predicted molar refractivity (Wildman–Crippen MR) is 93.8 cm³/mol. The average molecular weight is 392 g/mol. The van der Waals surface area contributed by atoms with E-state index < -0.39 is 17.8 Å². The van der Waals surface area contributed by atoms with Crippen LogP contribution in [0.2, 0.25) is 0 Å². The van der Waals surface area contributed by atoms with Gasteiger partial charge in [0, 0.05) is 36.5 Å². The molecule has 1 N–H and O–H groups in total. The SMILES string of the molecule is CCn1cc(CNC(=O)c2cnn3c(C(F)(F)F)cc(C4CC4)nc23)c(C)n1. The summed E-state index contributed by atoms with van der Waals surface area (Å²) >= 11 is 0. The molecule has 0 atom stereocenters. The summed E-state index contributed by atoms with van der Waals surface area (Å²) in [5, 5.41) is 10.8. The van der Waals surface area contributed by atoms with Crippen LogP contribution in [0, 0.1) is 6.92 Å². The second kappa shape index (κ2) is 6.61. The fourth-order valence-electron chi connectivity index (χ4n) is 3.10. The van der Waals surface area contributed by atoms with Gasteiger partial charge in [-0.1, -0.05) is 0 Å². The van der Waals surface area contributed by atoms with Crippen molar-refractivity contribution >= 4 is 11.6 Å². The van der Waals surface area contributed by atoms with E-state index in [1.165, 1.54) is 0 Å². The van der Waals surface area contributed by atoms with Crippen LogP contribution in [-0.2, 0) is 19.3 Å². The molecule has 1 fully saturated rings. The quantitative estimate of drug-likeness (QED) is 0.724. The molecular weight excluding hydrogens is 373 g/mol. The molecule has 10 heteroatoms. The Bertz CT molecular complexity index is 1050. The van der Waals surface area contributed by atoms with Crippen LogP contribution in [0.15, 0.2) is 18.5 Å². The zero-order chi connectivity index (χ0) is 20.1.